The fraction of sp³-hybridized carbons (Fsp3) is 0.250. The minimum absolute atomic E-state index is 0.154. The largest absolute Gasteiger partial charge is 0.457 e. The smallest absolute Gasteiger partial charge is 0.418 e. The van der Waals surface area contributed by atoms with E-state index in [9.17, 15) is 21.6 Å². The number of alkyl halides is 3. The second-order valence-corrected chi connectivity index (χ2v) is 11.3. The van der Waals surface area contributed by atoms with Crippen LogP contribution in [0.5, 0.6) is 11.5 Å². The lowest BCUT2D eigenvalue weighted by molar-refractivity contribution is -0.137. The van der Waals surface area contributed by atoms with E-state index in [1.165, 1.54) is 48.8 Å². The standard InChI is InChI=1S/C28H27F3N6O3S/c29-28(30,31)23-16-20(10-11-25(23)37-41(38,39)21-4-2-1-3-5-21)40-26-13-14-33-17-22(26)24-12-15-34-27(36-24)35-19-8-6-18(32)7-9-19/h1-5,10-19,37H,6-9,32H2,(H,34,35,36). The molecule has 13 heteroatoms. The number of aromatic nitrogens is 3. The number of halogens is 3. The molecule has 2 aromatic heterocycles. The molecular formula is C28H27F3N6O3S. The topological polar surface area (TPSA) is 132 Å². The van der Waals surface area contributed by atoms with Gasteiger partial charge in [0.1, 0.15) is 11.5 Å². The van der Waals surface area contributed by atoms with Crippen molar-refractivity contribution in [3.63, 3.8) is 0 Å². The number of nitrogens with one attached hydrogen (secondary N) is 2. The molecule has 0 atom stereocenters. The molecule has 2 aromatic carbocycles. The molecule has 1 fully saturated rings. The molecule has 0 unspecified atom stereocenters. The maximum absolute atomic E-state index is 14.0. The third kappa shape index (κ3) is 6.92. The van der Waals surface area contributed by atoms with Crippen molar-refractivity contribution in [2.24, 2.45) is 5.73 Å². The summed E-state index contributed by atoms with van der Waals surface area (Å²) in [7, 11) is -4.25. The second-order valence-electron chi connectivity index (χ2n) is 9.62. The SMILES string of the molecule is NC1CCC(Nc2nccc(-c3cnccc3Oc3ccc(NS(=O)(=O)c4ccccc4)c(C(F)(F)F)c3)n2)CC1. The summed E-state index contributed by atoms with van der Waals surface area (Å²) in [5.74, 6) is 0.463. The molecule has 0 amide bonds. The van der Waals surface area contributed by atoms with Gasteiger partial charge in [0.15, 0.2) is 0 Å². The molecule has 1 aliphatic rings. The highest BCUT2D eigenvalue weighted by atomic mass is 32.2. The van der Waals surface area contributed by atoms with Gasteiger partial charge < -0.3 is 15.8 Å². The van der Waals surface area contributed by atoms with Gasteiger partial charge in [-0.05, 0) is 68.1 Å². The van der Waals surface area contributed by atoms with Crippen LogP contribution in [0.25, 0.3) is 11.3 Å². The summed E-state index contributed by atoms with van der Waals surface area (Å²) in [5, 5.41) is 3.32. The Morgan fingerprint density at radius 1 is 0.951 bits per heavy atom. The number of ether oxygens (including phenoxy) is 1. The van der Waals surface area contributed by atoms with Crippen molar-refractivity contribution >= 4 is 21.7 Å². The van der Waals surface area contributed by atoms with Crippen LogP contribution in [0.2, 0.25) is 0 Å². The van der Waals surface area contributed by atoms with Gasteiger partial charge in [-0.1, -0.05) is 18.2 Å². The monoisotopic (exact) mass is 584 g/mol. The number of benzene rings is 2. The van der Waals surface area contributed by atoms with Crippen LogP contribution in [0.4, 0.5) is 24.8 Å². The van der Waals surface area contributed by atoms with Crippen LogP contribution in [0.3, 0.4) is 0 Å². The Morgan fingerprint density at radius 3 is 2.44 bits per heavy atom. The summed E-state index contributed by atoms with van der Waals surface area (Å²) >= 11 is 0. The number of pyridine rings is 1. The number of hydrogen-bond donors (Lipinski definition) is 3. The van der Waals surface area contributed by atoms with E-state index >= 15 is 0 Å². The molecule has 1 saturated carbocycles. The third-order valence-corrected chi connectivity index (χ3v) is 8.02. The Labute approximate surface area is 235 Å². The van der Waals surface area contributed by atoms with Crippen LogP contribution < -0.4 is 20.5 Å². The van der Waals surface area contributed by atoms with E-state index < -0.39 is 27.5 Å². The maximum Gasteiger partial charge on any atom is 0.418 e. The summed E-state index contributed by atoms with van der Waals surface area (Å²) in [6.07, 6.45) is 3.25. The molecule has 1 aliphatic carbocycles. The molecular weight excluding hydrogens is 557 g/mol. The molecule has 4 aromatic rings. The lowest BCUT2D eigenvalue weighted by atomic mass is 9.92. The molecule has 0 aliphatic heterocycles. The lowest BCUT2D eigenvalue weighted by Gasteiger charge is -2.26. The minimum atomic E-state index is -4.87. The molecule has 41 heavy (non-hydrogen) atoms. The molecule has 0 bridgehead atoms. The van der Waals surface area contributed by atoms with Crippen molar-refractivity contribution in [2.45, 2.75) is 48.8 Å². The third-order valence-electron chi connectivity index (χ3n) is 6.64. The Balaban J connectivity index is 1.40. The van der Waals surface area contributed by atoms with Crippen molar-refractivity contribution in [3.05, 3.63) is 84.8 Å². The summed E-state index contributed by atoms with van der Waals surface area (Å²) < 4.78 is 75.3. The van der Waals surface area contributed by atoms with E-state index in [0.717, 1.165) is 37.8 Å². The van der Waals surface area contributed by atoms with Crippen molar-refractivity contribution in [3.8, 4) is 22.8 Å². The first-order valence-corrected chi connectivity index (χ1v) is 14.3. The van der Waals surface area contributed by atoms with E-state index in [4.69, 9.17) is 10.5 Å². The zero-order valence-electron chi connectivity index (χ0n) is 21.7. The molecule has 4 N–H and O–H groups in total. The van der Waals surface area contributed by atoms with Crippen LogP contribution in [-0.4, -0.2) is 35.5 Å². The molecule has 0 radical (unpaired) electrons. The number of nitrogens with zero attached hydrogens (tertiary/aromatic N) is 3. The van der Waals surface area contributed by atoms with E-state index in [1.807, 2.05) is 4.72 Å². The molecule has 0 spiro atoms. The van der Waals surface area contributed by atoms with E-state index in [-0.39, 0.29) is 28.5 Å². The van der Waals surface area contributed by atoms with E-state index in [0.29, 0.717) is 17.2 Å². The Hall–Kier alpha value is -4.23. The normalized spacial score (nSPS) is 17.6. The Morgan fingerprint density at radius 2 is 1.71 bits per heavy atom. The van der Waals surface area contributed by atoms with Crippen LogP contribution in [0.15, 0.2) is 84.1 Å². The van der Waals surface area contributed by atoms with Crippen molar-refractivity contribution in [1.29, 1.82) is 0 Å². The predicted octanol–water partition coefficient (Wildman–Crippen LogP) is 5.83. The zero-order chi connectivity index (χ0) is 29.0. The minimum Gasteiger partial charge on any atom is -0.457 e. The molecule has 5 rings (SSSR count). The first-order chi connectivity index (χ1) is 19.6. The van der Waals surface area contributed by atoms with Gasteiger partial charge in [0, 0.05) is 30.7 Å². The van der Waals surface area contributed by atoms with E-state index in [2.05, 4.69) is 20.3 Å². The predicted molar refractivity (Wildman–Crippen MR) is 148 cm³/mol. The molecule has 2 heterocycles. The van der Waals surface area contributed by atoms with Gasteiger partial charge in [-0.2, -0.15) is 13.2 Å². The summed E-state index contributed by atoms with van der Waals surface area (Å²) in [6.45, 7) is 0. The maximum atomic E-state index is 14.0. The Bertz CT molecular complexity index is 1610. The number of rotatable bonds is 8. The number of sulfonamides is 1. The van der Waals surface area contributed by atoms with Crippen LogP contribution >= 0.6 is 0 Å². The van der Waals surface area contributed by atoms with Gasteiger partial charge in [-0.25, -0.2) is 18.4 Å². The van der Waals surface area contributed by atoms with Crippen LogP contribution in [0.1, 0.15) is 31.2 Å². The first-order valence-electron chi connectivity index (χ1n) is 12.8. The van der Waals surface area contributed by atoms with Crippen molar-refractivity contribution in [2.75, 3.05) is 10.0 Å². The highest BCUT2D eigenvalue weighted by molar-refractivity contribution is 7.92. The summed E-state index contributed by atoms with van der Waals surface area (Å²) in [4.78, 5) is 12.8. The number of hydrogen-bond acceptors (Lipinski definition) is 8. The van der Waals surface area contributed by atoms with Gasteiger partial charge in [0.2, 0.25) is 5.95 Å². The van der Waals surface area contributed by atoms with Gasteiger partial charge in [-0.3, -0.25) is 9.71 Å². The fourth-order valence-electron chi connectivity index (χ4n) is 4.53. The Kier molecular flexibility index (Phi) is 8.08. The highest BCUT2D eigenvalue weighted by Crippen LogP contribution is 2.40. The van der Waals surface area contributed by atoms with Crippen LogP contribution in [-0.2, 0) is 16.2 Å². The molecule has 0 saturated heterocycles. The van der Waals surface area contributed by atoms with Gasteiger partial charge in [-0.15, -0.1) is 0 Å². The second kappa shape index (κ2) is 11.7. The summed E-state index contributed by atoms with van der Waals surface area (Å²) in [6, 6.07) is 13.7. The average molecular weight is 585 g/mol. The number of anilines is 2. The molecule has 214 valence electrons. The van der Waals surface area contributed by atoms with Gasteiger partial charge in [0.05, 0.1) is 27.4 Å². The van der Waals surface area contributed by atoms with E-state index in [1.54, 1.807) is 18.3 Å². The van der Waals surface area contributed by atoms with Crippen LogP contribution in [0, 0.1) is 0 Å². The van der Waals surface area contributed by atoms with Crippen molar-refractivity contribution < 1.29 is 26.3 Å². The lowest BCUT2D eigenvalue weighted by Crippen LogP contribution is -2.33. The van der Waals surface area contributed by atoms with Gasteiger partial charge >= 0.3 is 6.18 Å². The number of nitrogens with two attached hydrogens (primary N) is 1. The zero-order valence-corrected chi connectivity index (χ0v) is 22.5. The first kappa shape index (κ1) is 28.3. The highest BCUT2D eigenvalue weighted by Gasteiger charge is 2.35. The quantitative estimate of drug-likeness (QED) is 0.236. The van der Waals surface area contributed by atoms with Gasteiger partial charge in [0.25, 0.3) is 10.0 Å². The summed E-state index contributed by atoms with van der Waals surface area (Å²) in [5.41, 5.74) is 5.06. The fourth-order valence-corrected chi connectivity index (χ4v) is 5.63. The average Bonchev–Trinajstić information content (AvgIpc) is 2.95. The van der Waals surface area contributed by atoms with Crippen molar-refractivity contribution in [1.82, 2.24) is 15.0 Å². The molecule has 9 nitrogen and oxygen atoms in total.